The first-order chi connectivity index (χ1) is 13.6. The van der Waals surface area contributed by atoms with Crippen molar-refractivity contribution in [2.45, 2.75) is 32.7 Å². The Balaban J connectivity index is 2.31. The predicted octanol–water partition coefficient (Wildman–Crippen LogP) is 3.62. The lowest BCUT2D eigenvalue weighted by atomic mass is 10.0. The topological polar surface area (TPSA) is 84.9 Å². The molecule has 1 N–H and O–H groups in total. The lowest BCUT2D eigenvalue weighted by Gasteiger charge is -2.28. The Kier molecular flexibility index (Phi) is 7.13. The molecular formula is C21H28N2O5S. The van der Waals surface area contributed by atoms with E-state index in [1.165, 1.54) is 27.2 Å². The van der Waals surface area contributed by atoms with Crippen molar-refractivity contribution in [2.24, 2.45) is 0 Å². The number of methoxy groups -OCH3 is 2. The molecule has 2 aromatic carbocycles. The lowest BCUT2D eigenvalue weighted by molar-refractivity contribution is -0.116. The van der Waals surface area contributed by atoms with Crippen molar-refractivity contribution >= 4 is 27.3 Å². The molecule has 0 radical (unpaired) electrons. The molecule has 0 saturated carbocycles. The molecule has 29 heavy (non-hydrogen) atoms. The molecule has 0 saturated heterocycles. The second-order valence-corrected chi connectivity index (χ2v) is 8.90. The number of hydrogen-bond acceptors (Lipinski definition) is 5. The third-order valence-corrected chi connectivity index (χ3v) is 5.80. The van der Waals surface area contributed by atoms with Crippen LogP contribution in [0.25, 0.3) is 0 Å². The fourth-order valence-corrected chi connectivity index (χ4v) is 4.14. The number of sulfonamides is 1. The fraction of sp³-hybridized carbons (Fsp3) is 0.381. The highest BCUT2D eigenvalue weighted by atomic mass is 32.2. The molecule has 0 bridgehead atoms. The molecule has 2 aromatic rings. The molecule has 0 aliphatic carbocycles. The Labute approximate surface area is 172 Å². The zero-order valence-electron chi connectivity index (χ0n) is 17.6. The largest absolute Gasteiger partial charge is 0.493 e. The summed E-state index contributed by atoms with van der Waals surface area (Å²) < 4.78 is 36.5. The number of benzene rings is 2. The number of anilines is 2. The van der Waals surface area contributed by atoms with Crippen LogP contribution in [0.4, 0.5) is 11.4 Å². The molecule has 8 heteroatoms. The molecule has 0 heterocycles. The second kappa shape index (κ2) is 9.17. The SMILES string of the molecule is COc1ccc(N([C@H](C)C(=O)Nc2ccc(C(C)C)cc2)S(C)(=O)=O)cc1OC. The second-order valence-electron chi connectivity index (χ2n) is 7.04. The molecule has 0 aliphatic rings. The molecule has 0 unspecified atom stereocenters. The standard InChI is InChI=1S/C21H28N2O5S/c1-14(2)16-7-9-17(10-8-16)22-21(24)15(3)23(29(6,25)26)18-11-12-19(27-4)20(13-18)28-5/h7-15H,1-6H3,(H,22,24)/t15-/m1/s1. The van der Waals surface area contributed by atoms with Crippen LogP contribution in [-0.2, 0) is 14.8 Å². The zero-order chi connectivity index (χ0) is 21.8. The Morgan fingerprint density at radius 1 is 0.966 bits per heavy atom. The van der Waals surface area contributed by atoms with Crippen LogP contribution < -0.4 is 19.1 Å². The van der Waals surface area contributed by atoms with Crippen LogP contribution in [0.15, 0.2) is 42.5 Å². The van der Waals surface area contributed by atoms with Crippen LogP contribution in [0.1, 0.15) is 32.3 Å². The normalized spacial score (nSPS) is 12.4. The number of nitrogens with zero attached hydrogens (tertiary/aromatic N) is 1. The van der Waals surface area contributed by atoms with E-state index in [2.05, 4.69) is 19.2 Å². The van der Waals surface area contributed by atoms with E-state index in [1.807, 2.05) is 12.1 Å². The minimum Gasteiger partial charge on any atom is -0.493 e. The van der Waals surface area contributed by atoms with E-state index in [0.29, 0.717) is 28.8 Å². The molecule has 158 valence electrons. The summed E-state index contributed by atoms with van der Waals surface area (Å²) in [6.45, 7) is 5.71. The number of ether oxygens (including phenoxy) is 2. The molecule has 1 amide bonds. The Morgan fingerprint density at radius 2 is 1.55 bits per heavy atom. The van der Waals surface area contributed by atoms with E-state index in [4.69, 9.17) is 9.47 Å². The average Bonchev–Trinajstić information content (AvgIpc) is 2.67. The summed E-state index contributed by atoms with van der Waals surface area (Å²) in [6.07, 6.45) is 1.06. The zero-order valence-corrected chi connectivity index (χ0v) is 18.4. The van der Waals surface area contributed by atoms with Crippen molar-refractivity contribution in [3.63, 3.8) is 0 Å². The number of nitrogens with one attached hydrogen (secondary N) is 1. The van der Waals surface area contributed by atoms with Gasteiger partial charge in [0.25, 0.3) is 0 Å². The number of carbonyl (C=O) groups excluding carboxylic acids is 1. The molecule has 2 rings (SSSR count). The van der Waals surface area contributed by atoms with E-state index in [0.717, 1.165) is 16.1 Å². The fourth-order valence-electron chi connectivity index (χ4n) is 2.97. The molecule has 0 aromatic heterocycles. The van der Waals surface area contributed by atoms with Gasteiger partial charge < -0.3 is 14.8 Å². The maximum atomic E-state index is 12.8. The average molecular weight is 421 g/mol. The van der Waals surface area contributed by atoms with Gasteiger partial charge in [-0.15, -0.1) is 0 Å². The number of amides is 1. The minimum atomic E-state index is -3.74. The van der Waals surface area contributed by atoms with Gasteiger partial charge in [-0.25, -0.2) is 8.42 Å². The van der Waals surface area contributed by atoms with Crippen molar-refractivity contribution < 1.29 is 22.7 Å². The van der Waals surface area contributed by atoms with Gasteiger partial charge in [-0.05, 0) is 42.7 Å². The van der Waals surface area contributed by atoms with Crippen molar-refractivity contribution in [1.82, 2.24) is 0 Å². The maximum absolute atomic E-state index is 12.8. The van der Waals surface area contributed by atoms with Gasteiger partial charge in [0, 0.05) is 11.8 Å². The predicted molar refractivity (Wildman–Crippen MR) is 115 cm³/mol. The Bertz CT molecular complexity index is 956. The minimum absolute atomic E-state index is 0.308. The van der Waals surface area contributed by atoms with Gasteiger partial charge in [0.1, 0.15) is 6.04 Å². The third-order valence-electron chi connectivity index (χ3n) is 4.55. The third kappa shape index (κ3) is 5.41. The van der Waals surface area contributed by atoms with Gasteiger partial charge in [0.2, 0.25) is 15.9 Å². The van der Waals surface area contributed by atoms with Crippen LogP contribution >= 0.6 is 0 Å². The Hall–Kier alpha value is -2.74. The van der Waals surface area contributed by atoms with E-state index < -0.39 is 22.0 Å². The highest BCUT2D eigenvalue weighted by Gasteiger charge is 2.30. The molecule has 1 atom stereocenters. The maximum Gasteiger partial charge on any atom is 0.247 e. The molecule has 0 fully saturated rings. The monoisotopic (exact) mass is 420 g/mol. The summed E-state index contributed by atoms with van der Waals surface area (Å²) in [7, 11) is -0.787. The number of carbonyl (C=O) groups is 1. The van der Waals surface area contributed by atoms with E-state index in [1.54, 1.807) is 24.3 Å². The Morgan fingerprint density at radius 3 is 2.03 bits per heavy atom. The van der Waals surface area contributed by atoms with Crippen LogP contribution in [0.3, 0.4) is 0 Å². The van der Waals surface area contributed by atoms with Gasteiger partial charge >= 0.3 is 0 Å². The van der Waals surface area contributed by atoms with Crippen LogP contribution in [0, 0.1) is 0 Å². The highest BCUT2D eigenvalue weighted by Crippen LogP contribution is 2.33. The van der Waals surface area contributed by atoms with Crippen LogP contribution in [-0.4, -0.2) is 40.8 Å². The molecule has 0 aliphatic heterocycles. The summed E-state index contributed by atoms with van der Waals surface area (Å²) >= 11 is 0. The number of hydrogen-bond donors (Lipinski definition) is 1. The lowest BCUT2D eigenvalue weighted by Crippen LogP contribution is -2.45. The first-order valence-corrected chi connectivity index (χ1v) is 11.1. The highest BCUT2D eigenvalue weighted by molar-refractivity contribution is 7.92. The summed E-state index contributed by atoms with van der Waals surface area (Å²) in [4.78, 5) is 12.8. The van der Waals surface area contributed by atoms with E-state index in [9.17, 15) is 13.2 Å². The summed E-state index contributed by atoms with van der Waals surface area (Å²) in [6, 6.07) is 11.2. The smallest absolute Gasteiger partial charge is 0.247 e. The first kappa shape index (κ1) is 22.5. The van der Waals surface area contributed by atoms with Gasteiger partial charge in [0.05, 0.1) is 26.2 Å². The van der Waals surface area contributed by atoms with Crippen LogP contribution in [0.2, 0.25) is 0 Å². The van der Waals surface area contributed by atoms with E-state index in [-0.39, 0.29) is 0 Å². The summed E-state index contributed by atoms with van der Waals surface area (Å²) in [5, 5.41) is 2.78. The van der Waals surface area contributed by atoms with Crippen molar-refractivity contribution in [2.75, 3.05) is 30.1 Å². The molecule has 7 nitrogen and oxygen atoms in total. The quantitative estimate of drug-likeness (QED) is 0.705. The van der Waals surface area contributed by atoms with Gasteiger partial charge in [-0.2, -0.15) is 0 Å². The number of rotatable bonds is 8. The van der Waals surface area contributed by atoms with Gasteiger partial charge in [-0.1, -0.05) is 26.0 Å². The molecular weight excluding hydrogens is 392 g/mol. The van der Waals surface area contributed by atoms with E-state index >= 15 is 0 Å². The van der Waals surface area contributed by atoms with Crippen molar-refractivity contribution in [3.05, 3.63) is 48.0 Å². The summed E-state index contributed by atoms with van der Waals surface area (Å²) in [5.74, 6) is 0.773. The van der Waals surface area contributed by atoms with Crippen molar-refractivity contribution in [3.8, 4) is 11.5 Å². The summed E-state index contributed by atoms with van der Waals surface area (Å²) in [5.41, 5.74) is 2.06. The van der Waals surface area contributed by atoms with Gasteiger partial charge in [0.15, 0.2) is 11.5 Å². The van der Waals surface area contributed by atoms with Crippen molar-refractivity contribution in [1.29, 1.82) is 0 Å². The van der Waals surface area contributed by atoms with Crippen LogP contribution in [0.5, 0.6) is 11.5 Å². The van der Waals surface area contributed by atoms with Gasteiger partial charge in [-0.3, -0.25) is 9.10 Å². The molecule has 0 spiro atoms. The first-order valence-electron chi connectivity index (χ1n) is 9.20.